The van der Waals surface area contributed by atoms with Crippen LogP contribution < -0.4 is 25.7 Å². The summed E-state index contributed by atoms with van der Waals surface area (Å²) in [6, 6.07) is 15.3. The van der Waals surface area contributed by atoms with E-state index in [-0.39, 0.29) is 16.2 Å². The molecule has 0 unspecified atom stereocenters. The number of piperazine rings is 1. The number of likely N-dealkylation sites (N-methyl/N-ethyl adjacent to an activating group) is 1. The fraction of sp³-hybridized carbons (Fsp3) is 0.395. The van der Waals surface area contributed by atoms with Gasteiger partial charge in [0.2, 0.25) is 5.95 Å². The normalized spacial score (nSPS) is 17.2. The number of pyridine rings is 1. The summed E-state index contributed by atoms with van der Waals surface area (Å²) in [6.45, 7) is 10.4. The first-order valence-corrected chi connectivity index (χ1v) is 17.2. The number of hydrogen-bond donors (Lipinski definition) is 2. The Morgan fingerprint density at radius 1 is 1.10 bits per heavy atom. The van der Waals surface area contributed by atoms with Crippen LogP contribution in [0.3, 0.4) is 0 Å². The Kier molecular flexibility index (Phi) is 11.3. The molecule has 0 spiro atoms. The molecule has 2 N–H and O–H groups in total. The largest absolute Gasteiger partial charge is 0.497 e. The maximum atomic E-state index is 14.1. The van der Waals surface area contributed by atoms with Gasteiger partial charge in [-0.3, -0.25) is 24.0 Å². The molecule has 0 saturated carbocycles. The van der Waals surface area contributed by atoms with E-state index in [1.807, 2.05) is 26.0 Å². The molecule has 1 aliphatic rings. The molecule has 1 fully saturated rings. The molecular weight excluding hydrogens is 668 g/mol. The fourth-order valence-electron chi connectivity index (χ4n) is 6.38. The third-order valence-electron chi connectivity index (χ3n) is 9.68. The zero-order chi connectivity index (χ0) is 37.0. The van der Waals surface area contributed by atoms with E-state index in [4.69, 9.17) is 21.1 Å². The molecule has 2 aromatic heterocycles. The molecule has 12 nitrogen and oxygen atoms in total. The van der Waals surface area contributed by atoms with Gasteiger partial charge in [0.05, 0.1) is 19.2 Å². The number of aromatic nitrogens is 3. The maximum absolute atomic E-state index is 14.1. The van der Waals surface area contributed by atoms with Crippen LogP contribution in [0.25, 0.3) is 22.2 Å². The van der Waals surface area contributed by atoms with Crippen molar-refractivity contribution in [2.24, 2.45) is 0 Å². The van der Waals surface area contributed by atoms with Gasteiger partial charge in [-0.1, -0.05) is 23.7 Å². The minimum absolute atomic E-state index is 0.0612. The molecule has 2 aromatic carbocycles. The number of nitrogens with zero attached hydrogens (tertiary/aromatic N) is 6. The lowest BCUT2D eigenvalue weighted by atomic mass is 9.95. The van der Waals surface area contributed by atoms with E-state index in [1.54, 1.807) is 54.2 Å². The molecule has 4 aromatic rings. The molecule has 268 valence electrons. The number of nitriles is 1. The lowest BCUT2D eigenvalue weighted by Crippen LogP contribution is -2.60. The quantitative estimate of drug-likeness (QED) is 0.149. The van der Waals surface area contributed by atoms with E-state index in [0.29, 0.717) is 70.3 Å². The minimum Gasteiger partial charge on any atom is -0.497 e. The van der Waals surface area contributed by atoms with Crippen molar-refractivity contribution in [1.82, 2.24) is 24.3 Å². The number of aryl methyl sites for hydroxylation is 2. The van der Waals surface area contributed by atoms with Crippen LogP contribution in [0.15, 0.2) is 65.1 Å². The van der Waals surface area contributed by atoms with Crippen LogP contribution in [0.1, 0.15) is 33.3 Å². The Morgan fingerprint density at radius 3 is 2.39 bits per heavy atom. The van der Waals surface area contributed by atoms with Crippen LogP contribution in [0.2, 0.25) is 5.02 Å². The Morgan fingerprint density at radius 2 is 1.78 bits per heavy atom. The third kappa shape index (κ3) is 8.01. The van der Waals surface area contributed by atoms with Crippen molar-refractivity contribution in [3.8, 4) is 28.7 Å². The smallest absolute Gasteiger partial charge is 0.266 e. The van der Waals surface area contributed by atoms with Gasteiger partial charge in [0.25, 0.3) is 11.5 Å². The van der Waals surface area contributed by atoms with Gasteiger partial charge >= 0.3 is 0 Å². The minimum atomic E-state index is -0.488. The average Bonchev–Trinajstić information content (AvgIpc) is 3.12. The molecule has 51 heavy (non-hydrogen) atoms. The molecule has 1 aliphatic heterocycles. The van der Waals surface area contributed by atoms with Gasteiger partial charge in [0.15, 0.2) is 0 Å². The number of fused-ring (bicyclic) bond motifs is 1. The second-order valence-corrected chi connectivity index (χ2v) is 13.8. The summed E-state index contributed by atoms with van der Waals surface area (Å²) in [5.74, 6) is 0.792. The van der Waals surface area contributed by atoms with Crippen LogP contribution in [0, 0.1) is 11.3 Å². The van der Waals surface area contributed by atoms with Crippen LogP contribution in [0.5, 0.6) is 11.5 Å². The van der Waals surface area contributed by atoms with Crippen molar-refractivity contribution in [3.05, 3.63) is 81.3 Å². The lowest BCUT2D eigenvalue weighted by molar-refractivity contribution is -0.112. The lowest BCUT2D eigenvalue weighted by Gasteiger charge is -2.48. The summed E-state index contributed by atoms with van der Waals surface area (Å²) in [5.41, 5.74) is 2.06. The van der Waals surface area contributed by atoms with E-state index in [9.17, 15) is 14.9 Å². The Bertz CT molecular complexity index is 2040. The highest BCUT2D eigenvalue weighted by Crippen LogP contribution is 2.38. The second-order valence-electron chi connectivity index (χ2n) is 13.4. The molecule has 13 heteroatoms. The molecule has 5 rings (SSSR count). The number of benzene rings is 2. The van der Waals surface area contributed by atoms with Crippen molar-refractivity contribution in [1.29, 1.82) is 5.26 Å². The van der Waals surface area contributed by atoms with E-state index in [2.05, 4.69) is 57.4 Å². The number of anilines is 2. The molecule has 1 amide bonds. The van der Waals surface area contributed by atoms with E-state index >= 15 is 0 Å². The molecule has 3 heterocycles. The summed E-state index contributed by atoms with van der Waals surface area (Å²) >= 11 is 6.71. The van der Waals surface area contributed by atoms with Gasteiger partial charge in [0.1, 0.15) is 28.8 Å². The van der Waals surface area contributed by atoms with Gasteiger partial charge < -0.3 is 20.1 Å². The first-order valence-electron chi connectivity index (χ1n) is 16.8. The standard InChI is InChI=1S/C38H45ClN8O4/c1-23-21-46(22-24(2)45(23)6)38(3,4)18-27(19-40)35(48)43-28-11-9-25(10-12-28)13-14-47-34-26(20-42-37(41-5)44-34)15-31(36(47)49)30-16-29(50-7)17-32(51-8)33(30)39/h9-12,15-18,20,23-24H,13-14,21-22H2,1-8H3,(H,43,48)(H,41,42,44)/b27-18-/t23-,24+. The third-order valence-corrected chi connectivity index (χ3v) is 10.1. The number of nitrogens with one attached hydrogen (secondary N) is 2. The number of methoxy groups -OCH3 is 2. The highest BCUT2D eigenvalue weighted by atomic mass is 35.5. The van der Waals surface area contributed by atoms with Crippen molar-refractivity contribution in [2.75, 3.05) is 52.0 Å². The van der Waals surface area contributed by atoms with Crippen molar-refractivity contribution in [3.63, 3.8) is 0 Å². The highest BCUT2D eigenvalue weighted by molar-refractivity contribution is 6.35. The summed E-state index contributed by atoms with van der Waals surface area (Å²) < 4.78 is 12.5. The number of halogens is 1. The predicted octanol–water partition coefficient (Wildman–Crippen LogP) is 5.60. The molecular formula is C38H45ClN8O4. The van der Waals surface area contributed by atoms with Gasteiger partial charge in [-0.25, -0.2) is 4.98 Å². The average molecular weight is 713 g/mol. The van der Waals surface area contributed by atoms with Crippen LogP contribution in [-0.4, -0.2) is 89.3 Å². The molecule has 2 atom stereocenters. The number of carbonyl (C=O) groups excluding carboxylic acids is 1. The second kappa shape index (κ2) is 15.5. The number of rotatable bonds is 11. The van der Waals surface area contributed by atoms with Crippen LogP contribution in [0.4, 0.5) is 11.6 Å². The number of ether oxygens (including phenoxy) is 2. The number of amides is 1. The molecule has 1 saturated heterocycles. The monoisotopic (exact) mass is 712 g/mol. The maximum Gasteiger partial charge on any atom is 0.266 e. The topological polar surface area (TPSA) is 138 Å². The fourth-order valence-corrected chi connectivity index (χ4v) is 6.67. The summed E-state index contributed by atoms with van der Waals surface area (Å²) in [6.07, 6.45) is 3.91. The van der Waals surface area contributed by atoms with Gasteiger partial charge in [-0.15, -0.1) is 0 Å². The van der Waals surface area contributed by atoms with Crippen LogP contribution in [-0.2, 0) is 17.8 Å². The van der Waals surface area contributed by atoms with E-state index in [0.717, 1.165) is 18.7 Å². The Hall–Kier alpha value is -4.96. The SMILES string of the molecule is CNc1ncc2cc(-c3cc(OC)cc(OC)c3Cl)c(=O)n(CCc3ccc(NC(=O)/C(C#N)=C\C(C)(C)N4C[C@@H](C)N(C)[C@@H](C)C4)cc3)c2n1. The summed E-state index contributed by atoms with van der Waals surface area (Å²) in [5, 5.41) is 16.7. The predicted molar refractivity (Wildman–Crippen MR) is 202 cm³/mol. The van der Waals surface area contributed by atoms with E-state index in [1.165, 1.54) is 14.2 Å². The zero-order valence-corrected chi connectivity index (χ0v) is 31.1. The highest BCUT2D eigenvalue weighted by Gasteiger charge is 2.35. The van der Waals surface area contributed by atoms with Gasteiger partial charge in [-0.05, 0) is 77.1 Å². The Labute approximate surface area is 303 Å². The van der Waals surface area contributed by atoms with Gasteiger partial charge in [0, 0.05) is 78.8 Å². The summed E-state index contributed by atoms with van der Waals surface area (Å²) in [4.78, 5) is 41.0. The van der Waals surface area contributed by atoms with E-state index < -0.39 is 11.4 Å². The molecule has 0 aliphatic carbocycles. The Balaban J connectivity index is 1.37. The molecule has 0 bridgehead atoms. The molecule has 0 radical (unpaired) electrons. The number of carbonyl (C=O) groups is 1. The number of hydrogen-bond acceptors (Lipinski definition) is 10. The first-order chi connectivity index (χ1) is 24.3. The van der Waals surface area contributed by atoms with Crippen molar-refractivity contribution in [2.45, 2.75) is 58.3 Å². The zero-order valence-electron chi connectivity index (χ0n) is 30.4. The van der Waals surface area contributed by atoms with Gasteiger partial charge in [-0.2, -0.15) is 10.2 Å². The summed E-state index contributed by atoms with van der Waals surface area (Å²) in [7, 11) is 6.88. The first kappa shape index (κ1) is 37.3. The van der Waals surface area contributed by atoms with Crippen molar-refractivity contribution >= 4 is 40.2 Å². The van der Waals surface area contributed by atoms with Crippen molar-refractivity contribution < 1.29 is 14.3 Å². The van der Waals surface area contributed by atoms with Crippen LogP contribution >= 0.6 is 11.6 Å².